The van der Waals surface area contributed by atoms with Crippen LogP contribution < -0.4 is 5.32 Å². The van der Waals surface area contributed by atoms with Crippen molar-refractivity contribution in [2.24, 2.45) is 0 Å². The molecule has 1 N–H and O–H groups in total. The van der Waals surface area contributed by atoms with Gasteiger partial charge in [-0.1, -0.05) is 5.16 Å². The second-order valence-corrected chi connectivity index (χ2v) is 4.53. The Kier molecular flexibility index (Phi) is 3.46. The van der Waals surface area contributed by atoms with Gasteiger partial charge in [0.15, 0.2) is 5.82 Å². The van der Waals surface area contributed by atoms with Crippen molar-refractivity contribution in [3.8, 4) is 0 Å². The number of hydrogen-bond acceptors (Lipinski definition) is 5. The number of rotatable bonds is 3. The van der Waals surface area contributed by atoms with Crippen molar-refractivity contribution in [1.82, 2.24) is 25.2 Å². The van der Waals surface area contributed by atoms with Gasteiger partial charge in [0.25, 0.3) is 0 Å². The van der Waals surface area contributed by atoms with Gasteiger partial charge >= 0.3 is 11.8 Å². The molecule has 2 aromatic heterocycles. The van der Waals surface area contributed by atoms with Crippen molar-refractivity contribution in [3.63, 3.8) is 0 Å². The van der Waals surface area contributed by atoms with Crippen molar-refractivity contribution in [2.45, 2.75) is 20.4 Å². The van der Waals surface area contributed by atoms with E-state index >= 15 is 0 Å². The van der Waals surface area contributed by atoms with E-state index in [1.54, 1.807) is 4.68 Å². The first-order chi connectivity index (χ1) is 8.52. The van der Waals surface area contributed by atoms with Crippen molar-refractivity contribution >= 4 is 21.8 Å². The van der Waals surface area contributed by atoms with Crippen LogP contribution in [0.25, 0.3) is 0 Å². The fraction of sp³-hybridized carbons (Fsp3) is 0.400. The molecule has 1 amide bonds. The second kappa shape index (κ2) is 4.89. The van der Waals surface area contributed by atoms with E-state index in [1.165, 1.54) is 7.05 Å². The summed E-state index contributed by atoms with van der Waals surface area (Å²) in [7, 11) is 1.50. The fourth-order valence-corrected chi connectivity index (χ4v) is 1.76. The van der Waals surface area contributed by atoms with Gasteiger partial charge in [0.2, 0.25) is 0 Å². The standard InChI is InChI=1S/C10H12BrN5O2/c1-5-8(11)6(2)16(14-5)4-7-13-10(18-15-7)9(17)12-3/h4H2,1-3H3,(H,12,17). The van der Waals surface area contributed by atoms with Crippen LogP contribution in [0.1, 0.15) is 27.9 Å². The molecule has 0 aliphatic carbocycles. The van der Waals surface area contributed by atoms with Crippen molar-refractivity contribution < 1.29 is 9.32 Å². The van der Waals surface area contributed by atoms with Crippen molar-refractivity contribution in [1.29, 1.82) is 0 Å². The Hall–Kier alpha value is -1.70. The molecule has 7 nitrogen and oxygen atoms in total. The summed E-state index contributed by atoms with van der Waals surface area (Å²) in [4.78, 5) is 15.3. The van der Waals surface area contributed by atoms with Gasteiger partial charge < -0.3 is 9.84 Å². The van der Waals surface area contributed by atoms with Crippen LogP contribution >= 0.6 is 15.9 Å². The lowest BCUT2D eigenvalue weighted by Crippen LogP contribution is -2.18. The number of nitrogens with one attached hydrogen (secondary N) is 1. The highest BCUT2D eigenvalue weighted by Gasteiger charge is 2.15. The minimum Gasteiger partial charge on any atom is -0.351 e. The number of carbonyl (C=O) groups excluding carboxylic acids is 1. The van der Waals surface area contributed by atoms with Crippen LogP contribution in [0.4, 0.5) is 0 Å². The molecule has 0 fully saturated rings. The van der Waals surface area contributed by atoms with E-state index in [4.69, 9.17) is 4.52 Å². The van der Waals surface area contributed by atoms with Crippen LogP contribution in [0.2, 0.25) is 0 Å². The predicted octanol–water partition coefficient (Wildman–Crippen LogP) is 1.05. The lowest BCUT2D eigenvalue weighted by Gasteiger charge is -1.99. The van der Waals surface area contributed by atoms with Crippen molar-refractivity contribution in [2.75, 3.05) is 7.05 Å². The molecule has 18 heavy (non-hydrogen) atoms. The number of aryl methyl sites for hydroxylation is 1. The van der Waals surface area contributed by atoms with E-state index in [0.717, 1.165) is 15.9 Å². The van der Waals surface area contributed by atoms with Crippen LogP contribution in [-0.2, 0) is 6.54 Å². The summed E-state index contributed by atoms with van der Waals surface area (Å²) in [6.45, 7) is 4.20. The first-order valence-corrected chi connectivity index (χ1v) is 6.06. The number of amides is 1. The van der Waals surface area contributed by atoms with Gasteiger partial charge in [-0.25, -0.2) is 0 Å². The van der Waals surface area contributed by atoms with E-state index in [-0.39, 0.29) is 5.89 Å². The summed E-state index contributed by atoms with van der Waals surface area (Å²) >= 11 is 3.44. The number of hydrogen-bond donors (Lipinski definition) is 1. The lowest BCUT2D eigenvalue weighted by molar-refractivity contribution is 0.0919. The van der Waals surface area contributed by atoms with Gasteiger partial charge in [-0.2, -0.15) is 10.1 Å². The molecule has 96 valence electrons. The van der Waals surface area contributed by atoms with Crippen LogP contribution in [0, 0.1) is 13.8 Å². The molecule has 0 aromatic carbocycles. The third-order valence-electron chi connectivity index (χ3n) is 2.47. The summed E-state index contributed by atoms with van der Waals surface area (Å²) in [5, 5.41) is 10.5. The summed E-state index contributed by atoms with van der Waals surface area (Å²) in [6, 6.07) is 0. The van der Waals surface area contributed by atoms with Gasteiger partial charge in [0.05, 0.1) is 15.9 Å². The second-order valence-electron chi connectivity index (χ2n) is 3.74. The SMILES string of the molecule is CNC(=O)c1nc(Cn2nc(C)c(Br)c2C)no1. The Balaban J connectivity index is 2.21. The molecule has 2 aromatic rings. The zero-order chi connectivity index (χ0) is 13.3. The van der Waals surface area contributed by atoms with E-state index < -0.39 is 5.91 Å². The maximum Gasteiger partial charge on any atom is 0.315 e. The van der Waals surface area contributed by atoms with Gasteiger partial charge in [-0.3, -0.25) is 9.48 Å². The summed E-state index contributed by atoms with van der Waals surface area (Å²) in [6.07, 6.45) is 0. The first kappa shape index (κ1) is 12.7. The Bertz CT molecular complexity index is 589. The summed E-state index contributed by atoms with van der Waals surface area (Å²) in [5.74, 6) is -0.0388. The molecule has 2 rings (SSSR count). The Morgan fingerprint density at radius 1 is 1.50 bits per heavy atom. The number of nitrogens with zero attached hydrogens (tertiary/aromatic N) is 4. The Morgan fingerprint density at radius 3 is 2.78 bits per heavy atom. The average molecular weight is 314 g/mol. The molecule has 2 heterocycles. The molecule has 0 radical (unpaired) electrons. The summed E-state index contributed by atoms with van der Waals surface area (Å²) in [5.41, 5.74) is 1.86. The van der Waals surface area contributed by atoms with Gasteiger partial charge in [-0.15, -0.1) is 0 Å². The molecular weight excluding hydrogens is 302 g/mol. The third kappa shape index (κ3) is 2.28. The Labute approximate surface area is 112 Å². The molecular formula is C10H12BrN5O2. The van der Waals surface area contributed by atoms with Gasteiger partial charge in [0.1, 0.15) is 6.54 Å². The van der Waals surface area contributed by atoms with Crippen LogP contribution in [0.15, 0.2) is 9.00 Å². The zero-order valence-corrected chi connectivity index (χ0v) is 11.8. The lowest BCUT2D eigenvalue weighted by atomic mass is 10.4. The van der Waals surface area contributed by atoms with Crippen molar-refractivity contribution in [3.05, 3.63) is 27.6 Å². The predicted molar refractivity (Wildman–Crippen MR) is 66.2 cm³/mol. The zero-order valence-electron chi connectivity index (χ0n) is 10.2. The highest BCUT2D eigenvalue weighted by atomic mass is 79.9. The molecule has 0 saturated carbocycles. The maximum atomic E-state index is 11.3. The van der Waals surface area contributed by atoms with E-state index in [9.17, 15) is 4.79 Å². The normalized spacial score (nSPS) is 10.7. The molecule has 0 aliphatic rings. The number of aromatic nitrogens is 4. The van der Waals surface area contributed by atoms with Gasteiger partial charge in [-0.05, 0) is 29.8 Å². The molecule has 0 saturated heterocycles. The minimum atomic E-state index is -0.400. The monoisotopic (exact) mass is 313 g/mol. The Morgan fingerprint density at radius 2 is 2.22 bits per heavy atom. The molecule has 0 aliphatic heterocycles. The van der Waals surface area contributed by atoms with Crippen LogP contribution in [-0.4, -0.2) is 32.9 Å². The average Bonchev–Trinajstić information content (AvgIpc) is 2.91. The first-order valence-electron chi connectivity index (χ1n) is 5.27. The molecule has 0 unspecified atom stereocenters. The van der Waals surface area contributed by atoms with Gasteiger partial charge in [0, 0.05) is 7.05 Å². The summed E-state index contributed by atoms with van der Waals surface area (Å²) < 4.78 is 7.54. The van der Waals surface area contributed by atoms with Crippen LogP contribution in [0.3, 0.4) is 0 Å². The number of carbonyl (C=O) groups is 1. The topological polar surface area (TPSA) is 85.8 Å². The molecule has 8 heteroatoms. The minimum absolute atomic E-state index is 0.0481. The molecule has 0 bridgehead atoms. The number of halogens is 1. The third-order valence-corrected chi connectivity index (χ3v) is 3.62. The molecule has 0 atom stereocenters. The quantitative estimate of drug-likeness (QED) is 0.915. The smallest absolute Gasteiger partial charge is 0.315 e. The fourth-order valence-electron chi connectivity index (χ4n) is 1.48. The maximum absolute atomic E-state index is 11.3. The highest BCUT2D eigenvalue weighted by Crippen LogP contribution is 2.20. The van der Waals surface area contributed by atoms with E-state index in [0.29, 0.717) is 12.4 Å². The van der Waals surface area contributed by atoms with Crippen LogP contribution in [0.5, 0.6) is 0 Å². The largest absolute Gasteiger partial charge is 0.351 e. The highest BCUT2D eigenvalue weighted by molar-refractivity contribution is 9.10. The van der Waals surface area contributed by atoms with E-state index in [2.05, 4.69) is 36.5 Å². The molecule has 0 spiro atoms. The van der Waals surface area contributed by atoms with E-state index in [1.807, 2.05) is 13.8 Å².